The van der Waals surface area contributed by atoms with E-state index in [1.807, 2.05) is 46.9 Å². The normalized spacial score (nSPS) is 18.5. The van der Waals surface area contributed by atoms with Crippen molar-refractivity contribution in [3.05, 3.63) is 55.9 Å². The molecule has 0 saturated carbocycles. The number of hydrogen-bond acceptors (Lipinski definition) is 2. The molecule has 0 atom stereocenters. The summed E-state index contributed by atoms with van der Waals surface area (Å²) in [5.74, 6) is 0. The van der Waals surface area contributed by atoms with Crippen LogP contribution in [0.3, 0.4) is 0 Å². The van der Waals surface area contributed by atoms with Crippen LogP contribution in [0.15, 0.2) is 28.4 Å². The van der Waals surface area contributed by atoms with Crippen molar-refractivity contribution in [2.75, 3.05) is 0 Å². The van der Waals surface area contributed by atoms with Crippen molar-refractivity contribution in [3.8, 4) is 0 Å². The van der Waals surface area contributed by atoms with Gasteiger partial charge in [0.05, 0.1) is 5.57 Å². The average molecular weight is 387 g/mol. The van der Waals surface area contributed by atoms with Gasteiger partial charge in [-0.15, -0.1) is 11.3 Å². The molecule has 2 aliphatic rings. The van der Waals surface area contributed by atoms with Gasteiger partial charge in [-0.3, -0.25) is 0 Å². The number of thiazole rings is 1. The number of aromatic nitrogens is 2. The third-order valence-corrected chi connectivity index (χ3v) is 6.93. The smallest absolute Gasteiger partial charge is 0.393 e. The number of fused-ring (bicyclic) bond motifs is 2. The number of hydrogen-bond donors (Lipinski definition) is 0. The molecule has 142 valence electrons. The van der Waals surface area contributed by atoms with Gasteiger partial charge in [-0.1, -0.05) is 13.8 Å². The molecule has 0 aliphatic carbocycles. The van der Waals surface area contributed by atoms with E-state index in [4.69, 9.17) is 0 Å². The van der Waals surface area contributed by atoms with E-state index in [0.29, 0.717) is 22.8 Å². The summed E-state index contributed by atoms with van der Waals surface area (Å²) in [4.78, 5) is 4.51. The number of allylic oxidation sites excluding steroid dienone is 2. The Balaban J connectivity index is 2.23. The van der Waals surface area contributed by atoms with Crippen LogP contribution in [0.25, 0.3) is 5.57 Å². The van der Waals surface area contributed by atoms with Gasteiger partial charge in [-0.05, 0) is 50.4 Å². The van der Waals surface area contributed by atoms with Crippen molar-refractivity contribution in [1.82, 2.24) is 9.46 Å². The minimum Gasteiger partial charge on any atom is -0.393 e. The van der Waals surface area contributed by atoms with E-state index in [2.05, 4.69) is 4.98 Å². The van der Waals surface area contributed by atoms with Gasteiger partial charge in [0.2, 0.25) is 0 Å². The second kappa shape index (κ2) is 5.99. The number of nitrogens with zero attached hydrogens (tertiary/aromatic N) is 3. The van der Waals surface area contributed by atoms with E-state index < -0.39 is 6.97 Å². The Morgan fingerprint density at radius 3 is 2.41 bits per heavy atom. The van der Waals surface area contributed by atoms with Crippen molar-refractivity contribution in [2.45, 2.75) is 54.4 Å². The highest BCUT2D eigenvalue weighted by Gasteiger charge is 2.57. The Bertz CT molecular complexity index is 1060. The minimum absolute atomic E-state index is 0.639. The molecule has 0 N–H and O–H groups in total. The molecule has 27 heavy (non-hydrogen) atoms. The molecule has 0 aromatic carbocycles. The molecule has 2 aliphatic heterocycles. The number of halogens is 2. The van der Waals surface area contributed by atoms with E-state index in [1.165, 1.54) is 20.3 Å². The van der Waals surface area contributed by atoms with Gasteiger partial charge >= 0.3 is 6.97 Å². The Labute approximate surface area is 162 Å². The molecule has 0 amide bonds. The maximum Gasteiger partial charge on any atom is 0.737 e. The predicted molar refractivity (Wildman–Crippen MR) is 109 cm³/mol. The lowest BCUT2D eigenvalue weighted by Gasteiger charge is -2.33. The van der Waals surface area contributed by atoms with Crippen molar-refractivity contribution < 1.29 is 13.1 Å². The van der Waals surface area contributed by atoms with Crippen LogP contribution >= 0.6 is 11.3 Å². The van der Waals surface area contributed by atoms with Gasteiger partial charge in [0.25, 0.3) is 0 Å². The molecule has 2 aromatic heterocycles. The largest absolute Gasteiger partial charge is 0.737 e. The third-order valence-electron chi connectivity index (χ3n) is 6.14. The summed E-state index contributed by atoms with van der Waals surface area (Å²) in [7, 11) is 0. The van der Waals surface area contributed by atoms with Crippen LogP contribution in [0.4, 0.5) is 8.63 Å². The SMILES string of the molecule is CCC1=C(C)C2=C(c3nccs3)c3c(C)c(CC)c(C)n3[B-](F)(F)[N+]2=C1C. The standard InChI is InChI=1S/C20H24BF2N3S/c1-7-15-11(3)18-17(20-24-9-10-27-20)19-12(4)16(8-2)14(6)26(19)21(22,23)25(18)13(15)5/h9-10H,7-8H2,1-6H3. The third kappa shape index (κ3) is 2.18. The highest BCUT2D eigenvalue weighted by Crippen LogP contribution is 2.47. The van der Waals surface area contributed by atoms with E-state index in [0.717, 1.165) is 45.7 Å². The first-order chi connectivity index (χ1) is 12.8. The monoisotopic (exact) mass is 387 g/mol. The van der Waals surface area contributed by atoms with Crippen molar-refractivity contribution in [1.29, 1.82) is 0 Å². The summed E-state index contributed by atoms with van der Waals surface area (Å²) in [6.07, 6.45) is 3.22. The van der Waals surface area contributed by atoms with Crippen molar-refractivity contribution >= 4 is 29.6 Å². The molecule has 7 heteroatoms. The summed E-state index contributed by atoms with van der Waals surface area (Å²) in [6, 6.07) is 0. The summed E-state index contributed by atoms with van der Waals surface area (Å²) in [5.41, 5.74) is 7.37. The maximum absolute atomic E-state index is 15.9. The summed E-state index contributed by atoms with van der Waals surface area (Å²) < 4.78 is 34.5. The molecule has 0 saturated heterocycles. The molecule has 3 nitrogen and oxygen atoms in total. The Morgan fingerprint density at radius 2 is 1.85 bits per heavy atom. The molecule has 0 radical (unpaired) electrons. The lowest BCUT2D eigenvalue weighted by molar-refractivity contribution is -0.363. The quantitative estimate of drug-likeness (QED) is 0.652. The van der Waals surface area contributed by atoms with Crippen molar-refractivity contribution in [3.63, 3.8) is 0 Å². The average Bonchev–Trinajstić information content (AvgIpc) is 3.28. The van der Waals surface area contributed by atoms with Crippen LogP contribution in [0.5, 0.6) is 0 Å². The Morgan fingerprint density at radius 1 is 1.15 bits per heavy atom. The van der Waals surface area contributed by atoms with Gasteiger partial charge in [0, 0.05) is 35.3 Å². The Kier molecular flexibility index (Phi) is 4.07. The molecule has 4 rings (SSSR count). The van der Waals surface area contributed by atoms with Crippen LogP contribution in [-0.4, -0.2) is 26.6 Å². The highest BCUT2D eigenvalue weighted by atomic mass is 32.1. The van der Waals surface area contributed by atoms with E-state index in [1.54, 1.807) is 6.20 Å². The zero-order valence-electron chi connectivity index (χ0n) is 16.7. The predicted octanol–water partition coefficient (Wildman–Crippen LogP) is 5.33. The van der Waals surface area contributed by atoms with Gasteiger partial charge in [-0.25, -0.2) is 4.98 Å². The zero-order chi connectivity index (χ0) is 19.7. The molecule has 0 fully saturated rings. The Hall–Kier alpha value is -2.02. The van der Waals surface area contributed by atoms with Crippen LogP contribution in [0.2, 0.25) is 0 Å². The fourth-order valence-corrected chi connectivity index (χ4v) is 5.71. The van der Waals surface area contributed by atoms with E-state index in [-0.39, 0.29) is 0 Å². The van der Waals surface area contributed by atoms with Crippen LogP contribution in [-0.2, 0) is 6.42 Å². The van der Waals surface area contributed by atoms with Gasteiger partial charge in [0.1, 0.15) is 10.7 Å². The lowest BCUT2D eigenvalue weighted by atomic mass is 9.86. The number of rotatable bonds is 3. The molecule has 4 heterocycles. The molecule has 0 spiro atoms. The fraction of sp³-hybridized carbons (Fsp3) is 0.400. The highest BCUT2D eigenvalue weighted by molar-refractivity contribution is 7.10. The molecule has 0 bridgehead atoms. The van der Waals surface area contributed by atoms with Crippen molar-refractivity contribution in [2.24, 2.45) is 0 Å². The summed E-state index contributed by atoms with van der Waals surface area (Å²) in [5, 5.41) is 2.71. The lowest BCUT2D eigenvalue weighted by Crippen LogP contribution is -2.51. The van der Waals surface area contributed by atoms with E-state index >= 15 is 8.63 Å². The second-order valence-corrected chi connectivity index (χ2v) is 8.22. The maximum atomic E-state index is 15.9. The first-order valence-corrected chi connectivity index (χ1v) is 10.4. The molecule has 0 unspecified atom stereocenters. The minimum atomic E-state index is -3.95. The molecule has 2 aromatic rings. The van der Waals surface area contributed by atoms with Crippen LogP contribution in [0, 0.1) is 13.8 Å². The summed E-state index contributed by atoms with van der Waals surface area (Å²) in [6.45, 7) is 7.69. The van der Waals surface area contributed by atoms with Gasteiger partial charge in [0.15, 0.2) is 5.70 Å². The fourth-order valence-electron chi connectivity index (χ4n) is 5.03. The topological polar surface area (TPSA) is 20.8 Å². The first-order valence-electron chi connectivity index (χ1n) is 9.47. The second-order valence-electron chi connectivity index (χ2n) is 7.32. The zero-order valence-corrected chi connectivity index (χ0v) is 17.5. The first kappa shape index (κ1) is 18.4. The molecular weight excluding hydrogens is 363 g/mol. The molecular formula is C20H24BF2N3S. The van der Waals surface area contributed by atoms with Gasteiger partial charge < -0.3 is 17.6 Å². The van der Waals surface area contributed by atoms with Crippen LogP contribution in [0.1, 0.15) is 61.6 Å². The van der Waals surface area contributed by atoms with Crippen LogP contribution < -0.4 is 0 Å². The van der Waals surface area contributed by atoms with E-state index in [9.17, 15) is 0 Å². The summed E-state index contributed by atoms with van der Waals surface area (Å²) >= 11 is 1.51. The van der Waals surface area contributed by atoms with Gasteiger partial charge in [-0.2, -0.15) is 0 Å².